The van der Waals surface area contributed by atoms with Crippen LogP contribution in [-0.2, 0) is 15.6 Å². The van der Waals surface area contributed by atoms with Gasteiger partial charge in [-0.25, -0.2) is 0 Å². The Bertz CT molecular complexity index is 516. The predicted molar refractivity (Wildman–Crippen MR) is 77.2 cm³/mol. The molecule has 2 atom stereocenters. The Hall–Kier alpha value is -1.69. The number of aliphatic carboxylic acids is 1. The number of nitrogens with one attached hydrogen (secondary N) is 1. The molecule has 6 heteroatoms. The molecule has 5 nitrogen and oxygen atoms in total. The van der Waals surface area contributed by atoms with Crippen LogP contribution < -0.4 is 5.32 Å². The van der Waals surface area contributed by atoms with E-state index in [0.29, 0.717) is 22.6 Å². The van der Waals surface area contributed by atoms with Gasteiger partial charge in [0.2, 0.25) is 0 Å². The maximum atomic E-state index is 12.1. The third-order valence-corrected chi connectivity index (χ3v) is 4.18. The summed E-state index contributed by atoms with van der Waals surface area (Å²) in [5.74, 6) is -0.766. The summed E-state index contributed by atoms with van der Waals surface area (Å²) in [6.07, 6.45) is 0.365. The first kappa shape index (κ1) is 16.4. The molecule has 1 aromatic carbocycles. The van der Waals surface area contributed by atoms with Crippen LogP contribution >= 0.6 is 0 Å². The van der Waals surface area contributed by atoms with Crippen molar-refractivity contribution in [1.82, 2.24) is 5.32 Å². The first-order chi connectivity index (χ1) is 9.45. The van der Waals surface area contributed by atoms with Gasteiger partial charge in [0.1, 0.15) is 0 Å². The highest BCUT2D eigenvalue weighted by molar-refractivity contribution is 7.85. The number of carboxylic acid groups (broad SMARTS) is 1. The van der Waals surface area contributed by atoms with Gasteiger partial charge in [-0.05, 0) is 25.5 Å². The topological polar surface area (TPSA) is 83.5 Å². The van der Waals surface area contributed by atoms with Crippen molar-refractivity contribution in [3.63, 3.8) is 0 Å². The van der Waals surface area contributed by atoms with Crippen LogP contribution in [0.2, 0.25) is 0 Å². The Morgan fingerprint density at radius 3 is 2.60 bits per heavy atom. The monoisotopic (exact) mass is 297 g/mol. The van der Waals surface area contributed by atoms with Crippen LogP contribution in [0.4, 0.5) is 0 Å². The van der Waals surface area contributed by atoms with E-state index in [2.05, 4.69) is 5.32 Å². The molecule has 0 radical (unpaired) electrons. The molecule has 0 aliphatic carbocycles. The summed E-state index contributed by atoms with van der Waals surface area (Å²) in [4.78, 5) is 23.1. The highest BCUT2D eigenvalue weighted by atomic mass is 32.2. The Balaban J connectivity index is 2.77. The van der Waals surface area contributed by atoms with Gasteiger partial charge in [-0.15, -0.1) is 0 Å². The SMILES string of the molecule is CCS(=O)c1ccccc1C(=O)NC(C)CCC(=O)O. The van der Waals surface area contributed by atoms with Gasteiger partial charge in [0.05, 0.1) is 21.3 Å². The van der Waals surface area contributed by atoms with Crippen LogP contribution in [0.25, 0.3) is 0 Å². The lowest BCUT2D eigenvalue weighted by atomic mass is 10.1. The van der Waals surface area contributed by atoms with E-state index in [9.17, 15) is 13.8 Å². The van der Waals surface area contributed by atoms with Crippen LogP contribution in [0.3, 0.4) is 0 Å². The number of benzene rings is 1. The van der Waals surface area contributed by atoms with Crippen molar-refractivity contribution in [3.8, 4) is 0 Å². The van der Waals surface area contributed by atoms with Crippen molar-refractivity contribution in [2.75, 3.05) is 5.75 Å². The second-order valence-corrected chi connectivity index (χ2v) is 6.15. The third kappa shape index (κ3) is 4.77. The summed E-state index contributed by atoms with van der Waals surface area (Å²) in [6.45, 7) is 3.54. The third-order valence-electron chi connectivity index (χ3n) is 2.81. The van der Waals surface area contributed by atoms with E-state index in [4.69, 9.17) is 5.11 Å². The number of carboxylic acids is 1. The molecule has 0 aromatic heterocycles. The number of carbonyl (C=O) groups excluding carboxylic acids is 1. The highest BCUT2D eigenvalue weighted by Crippen LogP contribution is 2.14. The van der Waals surface area contributed by atoms with E-state index in [1.54, 1.807) is 38.1 Å². The Kier molecular flexibility index (Phi) is 6.38. The normalized spacial score (nSPS) is 13.5. The minimum Gasteiger partial charge on any atom is -0.481 e. The predicted octanol–water partition coefficient (Wildman–Crippen LogP) is 1.80. The van der Waals surface area contributed by atoms with Gasteiger partial charge in [0.15, 0.2) is 0 Å². The summed E-state index contributed by atoms with van der Waals surface area (Å²) in [5, 5.41) is 11.3. The van der Waals surface area contributed by atoms with Gasteiger partial charge >= 0.3 is 5.97 Å². The van der Waals surface area contributed by atoms with Crippen LogP contribution in [0, 0.1) is 0 Å². The summed E-state index contributed by atoms with van der Waals surface area (Å²) in [7, 11) is -1.20. The fourth-order valence-electron chi connectivity index (χ4n) is 1.72. The molecule has 2 N–H and O–H groups in total. The molecule has 0 heterocycles. The van der Waals surface area contributed by atoms with Gasteiger partial charge < -0.3 is 10.4 Å². The fraction of sp³-hybridized carbons (Fsp3) is 0.429. The molecule has 0 aliphatic heterocycles. The Labute approximate surface area is 120 Å². The molecule has 0 saturated carbocycles. The maximum Gasteiger partial charge on any atom is 0.303 e. The van der Waals surface area contributed by atoms with Crippen molar-refractivity contribution in [2.45, 2.75) is 37.6 Å². The number of amides is 1. The molecular formula is C14H19NO4S. The summed E-state index contributed by atoms with van der Waals surface area (Å²) in [5.41, 5.74) is 0.384. The van der Waals surface area contributed by atoms with Crippen molar-refractivity contribution < 1.29 is 18.9 Å². The first-order valence-corrected chi connectivity index (χ1v) is 7.77. The minimum absolute atomic E-state index is 0.00395. The molecule has 0 saturated heterocycles. The number of rotatable bonds is 7. The van der Waals surface area contributed by atoms with Gasteiger partial charge in [-0.2, -0.15) is 0 Å². The van der Waals surface area contributed by atoms with Gasteiger partial charge in [0.25, 0.3) is 5.91 Å². The second-order valence-electron chi connectivity index (χ2n) is 4.44. The number of carbonyl (C=O) groups is 2. The molecule has 1 rings (SSSR count). The molecule has 0 aliphatic rings. The quantitative estimate of drug-likeness (QED) is 0.804. The molecule has 1 aromatic rings. The van der Waals surface area contributed by atoms with E-state index in [0.717, 1.165) is 0 Å². The zero-order valence-corrected chi connectivity index (χ0v) is 12.4. The number of hydrogen-bond donors (Lipinski definition) is 2. The molecule has 0 spiro atoms. The molecular weight excluding hydrogens is 278 g/mol. The average Bonchev–Trinajstić information content (AvgIpc) is 2.44. The smallest absolute Gasteiger partial charge is 0.303 e. The van der Waals surface area contributed by atoms with Crippen molar-refractivity contribution in [3.05, 3.63) is 29.8 Å². The summed E-state index contributed by atoms with van der Waals surface area (Å²) >= 11 is 0. The van der Waals surface area contributed by atoms with Crippen LogP contribution in [0.1, 0.15) is 37.0 Å². The number of hydrogen-bond acceptors (Lipinski definition) is 3. The largest absolute Gasteiger partial charge is 0.481 e. The lowest BCUT2D eigenvalue weighted by molar-refractivity contribution is -0.137. The van der Waals surface area contributed by atoms with E-state index in [1.807, 2.05) is 0 Å². The van der Waals surface area contributed by atoms with E-state index < -0.39 is 16.8 Å². The zero-order chi connectivity index (χ0) is 15.1. The molecule has 110 valence electrons. The highest BCUT2D eigenvalue weighted by Gasteiger charge is 2.16. The minimum atomic E-state index is -1.20. The zero-order valence-electron chi connectivity index (χ0n) is 11.6. The van der Waals surface area contributed by atoms with Crippen LogP contribution in [0.5, 0.6) is 0 Å². The fourth-order valence-corrected chi connectivity index (χ4v) is 2.67. The molecule has 2 unspecified atom stereocenters. The van der Waals surface area contributed by atoms with Crippen LogP contribution in [-0.4, -0.2) is 33.0 Å². The molecule has 0 fully saturated rings. The molecule has 20 heavy (non-hydrogen) atoms. The standard InChI is InChI=1S/C14H19NO4S/c1-3-20(19)12-7-5-4-6-11(12)14(18)15-10(2)8-9-13(16)17/h4-7,10H,3,8-9H2,1-2H3,(H,15,18)(H,16,17). The van der Waals surface area contributed by atoms with Gasteiger partial charge in [0, 0.05) is 18.2 Å². The van der Waals surface area contributed by atoms with Crippen LogP contribution in [0.15, 0.2) is 29.2 Å². The Morgan fingerprint density at radius 1 is 1.35 bits per heavy atom. The van der Waals surface area contributed by atoms with E-state index in [1.165, 1.54) is 0 Å². The van der Waals surface area contributed by atoms with E-state index in [-0.39, 0.29) is 18.4 Å². The second kappa shape index (κ2) is 7.79. The van der Waals surface area contributed by atoms with Crippen molar-refractivity contribution >= 4 is 22.7 Å². The van der Waals surface area contributed by atoms with Gasteiger partial charge in [-0.3, -0.25) is 13.8 Å². The van der Waals surface area contributed by atoms with Gasteiger partial charge in [-0.1, -0.05) is 19.1 Å². The molecule has 1 amide bonds. The van der Waals surface area contributed by atoms with E-state index >= 15 is 0 Å². The lowest BCUT2D eigenvalue weighted by Crippen LogP contribution is -2.33. The van der Waals surface area contributed by atoms with Crippen molar-refractivity contribution in [1.29, 1.82) is 0 Å². The van der Waals surface area contributed by atoms with Crippen molar-refractivity contribution in [2.24, 2.45) is 0 Å². The lowest BCUT2D eigenvalue weighted by Gasteiger charge is -2.14. The summed E-state index contributed by atoms with van der Waals surface area (Å²) < 4.78 is 11.9. The summed E-state index contributed by atoms with van der Waals surface area (Å²) in [6, 6.07) is 6.51. The average molecular weight is 297 g/mol. The first-order valence-electron chi connectivity index (χ1n) is 6.45. The Morgan fingerprint density at radius 2 is 2.00 bits per heavy atom. The maximum absolute atomic E-state index is 12.1. The molecule has 0 bridgehead atoms.